The van der Waals surface area contributed by atoms with Crippen molar-refractivity contribution in [3.05, 3.63) is 82.3 Å². The molecule has 0 atom stereocenters. The molecule has 148 valence electrons. The fraction of sp³-hybridized carbons (Fsp3) is 0.167. The first-order valence-corrected chi connectivity index (χ1v) is 10.4. The fourth-order valence-corrected chi connectivity index (χ4v) is 4.23. The number of nitrogens with one attached hydrogen (secondary N) is 1. The van der Waals surface area contributed by atoms with Gasteiger partial charge in [-0.25, -0.2) is 0 Å². The minimum Gasteiger partial charge on any atom is -0.457 e. The van der Waals surface area contributed by atoms with E-state index in [0.717, 1.165) is 52.9 Å². The molecule has 0 bridgehead atoms. The molecule has 0 aliphatic carbocycles. The summed E-state index contributed by atoms with van der Waals surface area (Å²) < 4.78 is 6.20. The zero-order valence-corrected chi connectivity index (χ0v) is 17.4. The molecule has 0 saturated carbocycles. The van der Waals surface area contributed by atoms with E-state index in [-0.39, 0.29) is 0 Å². The van der Waals surface area contributed by atoms with Crippen LogP contribution in [0.25, 0.3) is 22.2 Å². The van der Waals surface area contributed by atoms with E-state index in [4.69, 9.17) is 33.7 Å². The zero-order valence-electron chi connectivity index (χ0n) is 15.9. The topological polar surface area (TPSA) is 51.0 Å². The molecule has 0 amide bonds. The highest BCUT2D eigenvalue weighted by molar-refractivity contribution is 6.39. The van der Waals surface area contributed by atoms with E-state index in [1.54, 1.807) is 6.07 Å². The summed E-state index contributed by atoms with van der Waals surface area (Å²) in [5, 5.41) is 2.27. The number of aromatic amines is 1. The lowest BCUT2D eigenvalue weighted by atomic mass is 9.99. The number of unbranched alkanes of at least 4 members (excludes halogenated alkanes) is 1. The number of nitrogens with two attached hydrogens (primary N) is 1. The standard InChI is InChI=1S/C24H22Cl2N2O/c25-16-14-20(26)23-19(11-6-7-13-27)24(28-21(23)15-16)18-10-4-5-12-22(18)29-17-8-2-1-3-9-17/h1-5,8-10,12,14-15,28H,6-7,11,13,27H2. The summed E-state index contributed by atoms with van der Waals surface area (Å²) in [6.45, 7) is 0.672. The highest BCUT2D eigenvalue weighted by Gasteiger charge is 2.19. The maximum absolute atomic E-state index is 6.59. The van der Waals surface area contributed by atoms with Crippen molar-refractivity contribution in [3.8, 4) is 22.8 Å². The first kappa shape index (κ1) is 19.8. The Morgan fingerprint density at radius 1 is 0.897 bits per heavy atom. The van der Waals surface area contributed by atoms with E-state index < -0.39 is 0 Å². The number of rotatable bonds is 7. The number of fused-ring (bicyclic) bond motifs is 1. The van der Waals surface area contributed by atoms with Crippen molar-refractivity contribution >= 4 is 34.1 Å². The minimum absolute atomic E-state index is 0.609. The number of hydrogen-bond donors (Lipinski definition) is 2. The third-order valence-corrected chi connectivity index (χ3v) is 5.44. The fourth-order valence-electron chi connectivity index (χ4n) is 3.62. The second-order valence-corrected chi connectivity index (χ2v) is 7.79. The molecule has 0 spiro atoms. The summed E-state index contributed by atoms with van der Waals surface area (Å²) in [5.74, 6) is 1.58. The summed E-state index contributed by atoms with van der Waals surface area (Å²) >= 11 is 12.8. The molecule has 0 aliphatic heterocycles. The lowest BCUT2D eigenvalue weighted by Gasteiger charge is -2.12. The van der Waals surface area contributed by atoms with Crippen LogP contribution >= 0.6 is 23.2 Å². The van der Waals surface area contributed by atoms with Crippen LogP contribution in [0.2, 0.25) is 10.0 Å². The molecule has 0 fully saturated rings. The van der Waals surface area contributed by atoms with Gasteiger partial charge in [0.15, 0.2) is 0 Å². The van der Waals surface area contributed by atoms with Crippen LogP contribution in [0.5, 0.6) is 11.5 Å². The first-order chi connectivity index (χ1) is 14.2. The van der Waals surface area contributed by atoms with Gasteiger partial charge in [-0.15, -0.1) is 0 Å². The Balaban J connectivity index is 1.85. The third kappa shape index (κ3) is 4.27. The highest BCUT2D eigenvalue weighted by atomic mass is 35.5. The van der Waals surface area contributed by atoms with Crippen molar-refractivity contribution < 1.29 is 4.74 Å². The Labute approximate surface area is 180 Å². The van der Waals surface area contributed by atoms with E-state index in [1.165, 1.54) is 5.56 Å². The quantitative estimate of drug-likeness (QED) is 0.307. The number of ether oxygens (including phenoxy) is 1. The second kappa shape index (κ2) is 8.91. The van der Waals surface area contributed by atoms with Crippen molar-refractivity contribution in [2.24, 2.45) is 5.73 Å². The number of aryl methyl sites for hydroxylation is 1. The van der Waals surface area contributed by atoms with Crippen molar-refractivity contribution in [2.75, 3.05) is 6.54 Å². The first-order valence-electron chi connectivity index (χ1n) is 9.69. The SMILES string of the molecule is NCCCCc1c(-c2ccccc2Oc2ccccc2)[nH]c2cc(Cl)cc(Cl)c12. The molecule has 3 N–H and O–H groups in total. The third-order valence-electron chi connectivity index (χ3n) is 4.93. The average Bonchev–Trinajstić information content (AvgIpc) is 3.08. The highest BCUT2D eigenvalue weighted by Crippen LogP contribution is 2.41. The molecule has 4 aromatic rings. The smallest absolute Gasteiger partial charge is 0.136 e. The monoisotopic (exact) mass is 424 g/mol. The summed E-state index contributed by atoms with van der Waals surface area (Å²) in [5.41, 5.74) is 9.81. The maximum atomic E-state index is 6.59. The van der Waals surface area contributed by atoms with Gasteiger partial charge >= 0.3 is 0 Å². The Morgan fingerprint density at radius 2 is 1.66 bits per heavy atom. The van der Waals surface area contributed by atoms with Crippen molar-refractivity contribution in [3.63, 3.8) is 0 Å². The van der Waals surface area contributed by atoms with Crippen LogP contribution in [0.4, 0.5) is 0 Å². The summed E-state index contributed by atoms with van der Waals surface area (Å²) in [6, 6.07) is 21.5. The van der Waals surface area contributed by atoms with E-state index in [2.05, 4.69) is 11.1 Å². The number of benzene rings is 3. The molecule has 0 radical (unpaired) electrons. The van der Waals surface area contributed by atoms with Gasteiger partial charge in [-0.1, -0.05) is 53.5 Å². The van der Waals surface area contributed by atoms with Crippen LogP contribution in [0.3, 0.4) is 0 Å². The van der Waals surface area contributed by atoms with Crippen LogP contribution in [-0.4, -0.2) is 11.5 Å². The number of H-pyrrole nitrogens is 1. The maximum Gasteiger partial charge on any atom is 0.136 e. The van der Waals surface area contributed by atoms with Crippen molar-refractivity contribution in [1.29, 1.82) is 0 Å². The predicted octanol–water partition coefficient (Wildman–Crippen LogP) is 7.22. The molecule has 3 nitrogen and oxygen atoms in total. The molecule has 0 unspecified atom stereocenters. The van der Waals surface area contributed by atoms with Gasteiger partial charge in [0.2, 0.25) is 0 Å². The van der Waals surface area contributed by atoms with Crippen LogP contribution in [0.15, 0.2) is 66.7 Å². The molecule has 3 aromatic carbocycles. The van der Waals surface area contributed by atoms with Gasteiger partial charge in [0.05, 0.1) is 10.7 Å². The van der Waals surface area contributed by atoms with Crippen LogP contribution < -0.4 is 10.5 Å². The molecule has 0 saturated heterocycles. The Kier molecular flexibility index (Phi) is 6.10. The average molecular weight is 425 g/mol. The second-order valence-electron chi connectivity index (χ2n) is 6.95. The van der Waals surface area contributed by atoms with Crippen molar-refractivity contribution in [2.45, 2.75) is 19.3 Å². The number of hydrogen-bond acceptors (Lipinski definition) is 2. The molecule has 5 heteroatoms. The van der Waals surface area contributed by atoms with E-state index in [9.17, 15) is 0 Å². The summed E-state index contributed by atoms with van der Waals surface area (Å²) in [6.07, 6.45) is 2.81. The van der Waals surface area contributed by atoms with Gasteiger partial charge in [0, 0.05) is 21.5 Å². The number of para-hydroxylation sites is 2. The van der Waals surface area contributed by atoms with Gasteiger partial charge in [0.1, 0.15) is 11.5 Å². The van der Waals surface area contributed by atoms with Gasteiger partial charge in [0.25, 0.3) is 0 Å². The molecular weight excluding hydrogens is 403 g/mol. The number of aromatic nitrogens is 1. The number of halogens is 2. The zero-order chi connectivity index (χ0) is 20.2. The Hall–Kier alpha value is -2.46. The van der Waals surface area contributed by atoms with Gasteiger partial charge < -0.3 is 15.5 Å². The Bertz CT molecular complexity index is 1120. The molecule has 4 rings (SSSR count). The lowest BCUT2D eigenvalue weighted by molar-refractivity contribution is 0.484. The van der Waals surface area contributed by atoms with E-state index in [0.29, 0.717) is 16.6 Å². The van der Waals surface area contributed by atoms with Gasteiger partial charge in [-0.2, -0.15) is 0 Å². The predicted molar refractivity (Wildman–Crippen MR) is 122 cm³/mol. The largest absolute Gasteiger partial charge is 0.457 e. The minimum atomic E-state index is 0.609. The van der Waals surface area contributed by atoms with E-state index >= 15 is 0 Å². The molecular formula is C24H22Cl2N2O. The molecule has 1 aromatic heterocycles. The van der Waals surface area contributed by atoms with E-state index in [1.807, 2.05) is 54.6 Å². The molecule has 1 heterocycles. The molecule has 29 heavy (non-hydrogen) atoms. The molecule has 0 aliphatic rings. The lowest BCUT2D eigenvalue weighted by Crippen LogP contribution is -1.99. The summed E-state index contributed by atoms with van der Waals surface area (Å²) in [4.78, 5) is 3.54. The van der Waals surface area contributed by atoms with Crippen LogP contribution in [-0.2, 0) is 6.42 Å². The Morgan fingerprint density at radius 3 is 2.45 bits per heavy atom. The van der Waals surface area contributed by atoms with Crippen LogP contribution in [0.1, 0.15) is 18.4 Å². The van der Waals surface area contributed by atoms with Gasteiger partial charge in [-0.05, 0) is 67.8 Å². The van der Waals surface area contributed by atoms with Crippen LogP contribution in [0, 0.1) is 0 Å². The van der Waals surface area contributed by atoms with Gasteiger partial charge in [-0.3, -0.25) is 0 Å². The summed E-state index contributed by atoms with van der Waals surface area (Å²) in [7, 11) is 0. The normalized spacial score (nSPS) is 11.1. The van der Waals surface area contributed by atoms with Crippen molar-refractivity contribution in [1.82, 2.24) is 4.98 Å².